The highest BCUT2D eigenvalue weighted by atomic mass is 79.9. The fourth-order valence-corrected chi connectivity index (χ4v) is 4.39. The predicted molar refractivity (Wildman–Crippen MR) is 144 cm³/mol. The van der Waals surface area contributed by atoms with Crippen LogP contribution in [0, 0.1) is 6.92 Å². The van der Waals surface area contributed by atoms with Gasteiger partial charge in [0.2, 0.25) is 0 Å². The van der Waals surface area contributed by atoms with Gasteiger partial charge in [0.1, 0.15) is 0 Å². The van der Waals surface area contributed by atoms with Gasteiger partial charge in [-0.15, -0.1) is 0 Å². The lowest BCUT2D eigenvalue weighted by Crippen LogP contribution is -2.17. The first-order valence-electron chi connectivity index (χ1n) is 11.3. The molecule has 1 heterocycles. The summed E-state index contributed by atoms with van der Waals surface area (Å²) in [6, 6.07) is 20.2. The molecular formula is C28H24BrClN2O3. The lowest BCUT2D eigenvalue weighted by Gasteiger charge is -2.16. The molecule has 3 aromatic carbocycles. The third-order valence-electron chi connectivity index (χ3n) is 5.61. The van der Waals surface area contributed by atoms with E-state index in [1.807, 2.05) is 62.4 Å². The second kappa shape index (κ2) is 11.0. The molecule has 4 aromatic rings. The van der Waals surface area contributed by atoms with Gasteiger partial charge in [0.25, 0.3) is 5.91 Å². The average molecular weight is 552 g/mol. The minimum absolute atomic E-state index is 0.215. The van der Waals surface area contributed by atoms with Gasteiger partial charge in [0.05, 0.1) is 22.5 Å². The van der Waals surface area contributed by atoms with E-state index in [1.54, 1.807) is 12.1 Å². The van der Waals surface area contributed by atoms with Crippen molar-refractivity contribution < 1.29 is 14.3 Å². The van der Waals surface area contributed by atoms with E-state index >= 15 is 0 Å². The van der Waals surface area contributed by atoms with E-state index < -0.39 is 0 Å². The van der Waals surface area contributed by atoms with Gasteiger partial charge in [-0.05, 0) is 49.2 Å². The van der Waals surface area contributed by atoms with Crippen molar-refractivity contribution in [3.8, 4) is 17.0 Å². The second-order valence-electron chi connectivity index (χ2n) is 8.16. The second-order valence-corrected chi connectivity index (χ2v) is 9.51. The van der Waals surface area contributed by atoms with Gasteiger partial charge < -0.3 is 10.1 Å². The molecule has 0 unspecified atom stereocenters. The average Bonchev–Trinajstić information content (AvgIpc) is 2.84. The first-order chi connectivity index (χ1) is 16.9. The smallest absolute Gasteiger partial charge is 0.311 e. The summed E-state index contributed by atoms with van der Waals surface area (Å²) in [5.41, 5.74) is 3.95. The molecule has 0 saturated carbocycles. The zero-order valence-electron chi connectivity index (χ0n) is 19.4. The summed E-state index contributed by atoms with van der Waals surface area (Å²) < 4.78 is 6.37. The number of benzene rings is 3. The number of nitrogens with one attached hydrogen (secondary N) is 1. The number of esters is 1. The molecule has 4 rings (SSSR count). The van der Waals surface area contributed by atoms with Crippen molar-refractivity contribution in [2.24, 2.45) is 0 Å². The lowest BCUT2D eigenvalue weighted by molar-refractivity contribution is -0.134. The molecule has 5 nitrogen and oxygen atoms in total. The van der Waals surface area contributed by atoms with E-state index in [-0.39, 0.29) is 17.6 Å². The highest BCUT2D eigenvalue weighted by Crippen LogP contribution is 2.34. The summed E-state index contributed by atoms with van der Waals surface area (Å²) in [4.78, 5) is 30.8. The van der Waals surface area contributed by atoms with Crippen molar-refractivity contribution >= 4 is 56.0 Å². The summed E-state index contributed by atoms with van der Waals surface area (Å²) in [7, 11) is 0. The number of nitrogens with zero attached hydrogens (tertiary/aromatic N) is 1. The van der Waals surface area contributed by atoms with Crippen LogP contribution in [0.2, 0.25) is 5.02 Å². The van der Waals surface area contributed by atoms with E-state index in [0.717, 1.165) is 34.1 Å². The standard InChI is InChI=1S/C28H24BrClN2O3/c1-3-4-10-25(33)35-24-16-20(30)12-14-23(24)32-28(34)26-17(2)27(18-8-6-5-7-9-18)31-22-13-11-19(29)15-21(22)26/h5-9,11-16H,3-4,10H2,1-2H3,(H,32,34). The zero-order valence-corrected chi connectivity index (χ0v) is 21.7. The molecule has 178 valence electrons. The Morgan fingerprint density at radius 2 is 1.83 bits per heavy atom. The third kappa shape index (κ3) is 5.72. The molecule has 0 saturated heterocycles. The number of amides is 1. The van der Waals surface area contributed by atoms with Crippen molar-refractivity contribution in [2.45, 2.75) is 33.1 Å². The largest absolute Gasteiger partial charge is 0.424 e. The molecule has 0 bridgehead atoms. The van der Waals surface area contributed by atoms with Gasteiger partial charge in [-0.3, -0.25) is 9.59 Å². The van der Waals surface area contributed by atoms with Crippen molar-refractivity contribution in [3.05, 3.63) is 87.4 Å². The van der Waals surface area contributed by atoms with Crippen molar-refractivity contribution in [1.82, 2.24) is 4.98 Å². The fourth-order valence-electron chi connectivity index (χ4n) is 3.86. The summed E-state index contributed by atoms with van der Waals surface area (Å²) in [5.74, 6) is -0.490. The van der Waals surface area contributed by atoms with Crippen molar-refractivity contribution in [1.29, 1.82) is 0 Å². The molecule has 1 amide bonds. The highest BCUT2D eigenvalue weighted by molar-refractivity contribution is 9.10. The normalized spacial score (nSPS) is 10.9. The first kappa shape index (κ1) is 24.9. The lowest BCUT2D eigenvalue weighted by atomic mass is 9.97. The minimum Gasteiger partial charge on any atom is -0.424 e. The molecule has 1 aromatic heterocycles. The highest BCUT2D eigenvalue weighted by Gasteiger charge is 2.21. The quantitative estimate of drug-likeness (QED) is 0.187. The minimum atomic E-state index is -0.370. The molecule has 0 radical (unpaired) electrons. The van der Waals surface area contributed by atoms with Gasteiger partial charge in [-0.1, -0.05) is 71.2 Å². The van der Waals surface area contributed by atoms with Gasteiger partial charge >= 0.3 is 5.97 Å². The molecular weight excluding hydrogens is 528 g/mol. The van der Waals surface area contributed by atoms with E-state index in [0.29, 0.717) is 33.6 Å². The topological polar surface area (TPSA) is 68.3 Å². The van der Waals surface area contributed by atoms with Crippen LogP contribution in [0.1, 0.15) is 42.1 Å². The molecule has 0 aliphatic rings. The maximum Gasteiger partial charge on any atom is 0.311 e. The molecule has 0 aliphatic carbocycles. The van der Waals surface area contributed by atoms with E-state index in [9.17, 15) is 9.59 Å². The Morgan fingerprint density at radius 1 is 1.06 bits per heavy atom. The Hall–Kier alpha value is -3.22. The molecule has 7 heteroatoms. The predicted octanol–water partition coefficient (Wildman–Crippen LogP) is 7.97. The number of unbranched alkanes of at least 4 members (excludes halogenated alkanes) is 1. The molecule has 0 aliphatic heterocycles. The van der Waals surface area contributed by atoms with Crippen LogP contribution < -0.4 is 10.1 Å². The number of hydrogen-bond donors (Lipinski definition) is 1. The van der Waals surface area contributed by atoms with Gasteiger partial charge in [0.15, 0.2) is 5.75 Å². The van der Waals surface area contributed by atoms with Crippen LogP contribution in [0.3, 0.4) is 0 Å². The number of rotatable bonds is 7. The fraction of sp³-hybridized carbons (Fsp3) is 0.179. The Morgan fingerprint density at radius 3 is 2.57 bits per heavy atom. The van der Waals surface area contributed by atoms with Gasteiger partial charge in [-0.2, -0.15) is 0 Å². The molecule has 1 N–H and O–H groups in total. The number of hydrogen-bond acceptors (Lipinski definition) is 4. The van der Waals surface area contributed by atoms with Crippen LogP contribution in [0.5, 0.6) is 5.75 Å². The number of ether oxygens (including phenoxy) is 1. The van der Waals surface area contributed by atoms with Gasteiger partial charge in [0, 0.05) is 32.9 Å². The Kier molecular flexibility index (Phi) is 7.83. The number of carbonyl (C=O) groups excluding carboxylic acids is 2. The summed E-state index contributed by atoms with van der Waals surface area (Å²) in [5, 5.41) is 4.05. The van der Waals surface area contributed by atoms with Crippen LogP contribution in [-0.4, -0.2) is 16.9 Å². The van der Waals surface area contributed by atoms with Crippen LogP contribution in [0.4, 0.5) is 5.69 Å². The third-order valence-corrected chi connectivity index (χ3v) is 6.34. The molecule has 0 spiro atoms. The number of carbonyl (C=O) groups is 2. The Labute approximate surface area is 217 Å². The van der Waals surface area contributed by atoms with Crippen LogP contribution in [0.25, 0.3) is 22.2 Å². The van der Waals surface area contributed by atoms with Crippen LogP contribution in [-0.2, 0) is 4.79 Å². The number of fused-ring (bicyclic) bond motifs is 1. The Bertz CT molecular complexity index is 1410. The summed E-state index contributed by atoms with van der Waals surface area (Å²) in [6.07, 6.45) is 1.89. The number of pyridine rings is 1. The van der Waals surface area contributed by atoms with Crippen LogP contribution in [0.15, 0.2) is 71.2 Å². The molecule has 0 atom stereocenters. The van der Waals surface area contributed by atoms with E-state index in [2.05, 4.69) is 21.2 Å². The van der Waals surface area contributed by atoms with Crippen molar-refractivity contribution in [2.75, 3.05) is 5.32 Å². The monoisotopic (exact) mass is 550 g/mol. The maximum atomic E-state index is 13.7. The Balaban J connectivity index is 1.78. The first-order valence-corrected chi connectivity index (χ1v) is 12.5. The summed E-state index contributed by atoms with van der Waals surface area (Å²) in [6.45, 7) is 3.89. The number of halogens is 2. The van der Waals surface area contributed by atoms with Crippen LogP contribution >= 0.6 is 27.5 Å². The SMILES string of the molecule is CCCCC(=O)Oc1cc(Cl)ccc1NC(=O)c1c(C)c(-c2ccccc2)nc2ccc(Br)cc12. The van der Waals surface area contributed by atoms with Gasteiger partial charge in [-0.25, -0.2) is 4.98 Å². The molecule has 0 fully saturated rings. The number of aromatic nitrogens is 1. The van der Waals surface area contributed by atoms with E-state index in [1.165, 1.54) is 6.07 Å². The van der Waals surface area contributed by atoms with E-state index in [4.69, 9.17) is 21.3 Å². The van der Waals surface area contributed by atoms with Crippen molar-refractivity contribution in [3.63, 3.8) is 0 Å². The summed E-state index contributed by atoms with van der Waals surface area (Å²) >= 11 is 9.66. The number of anilines is 1. The molecule has 35 heavy (non-hydrogen) atoms. The maximum absolute atomic E-state index is 13.7. The zero-order chi connectivity index (χ0) is 24.9.